The molecule has 1 aliphatic heterocycles. The largest absolute Gasteiger partial charge is 0.388 e. The first-order valence-electron chi connectivity index (χ1n) is 11.2. The molecule has 7 nitrogen and oxygen atoms in total. The number of H-pyrrole nitrogens is 1. The number of hydrogen-bond donors (Lipinski definition) is 3. The summed E-state index contributed by atoms with van der Waals surface area (Å²) >= 11 is 0. The van der Waals surface area contributed by atoms with Crippen molar-refractivity contribution in [3.8, 4) is 11.3 Å². The monoisotopic (exact) mass is 440 g/mol. The number of amides is 1. The van der Waals surface area contributed by atoms with Crippen LogP contribution in [0.2, 0.25) is 0 Å². The van der Waals surface area contributed by atoms with Crippen LogP contribution in [0, 0.1) is 0 Å². The second kappa shape index (κ2) is 8.96. The zero-order valence-corrected chi connectivity index (χ0v) is 18.9. The summed E-state index contributed by atoms with van der Waals surface area (Å²) in [5, 5.41) is 15.7. The topological polar surface area (TPSA) is 76.3 Å². The average molecular weight is 441 g/mol. The highest BCUT2D eigenvalue weighted by molar-refractivity contribution is 6.04. The standard InChI is InChI=1S/C26H28N6O/c1-27-22-8-5-19-15-21(4-3-20(19)16-22)24-17-25(30-29-24)28-26(33)18-6-9-23(10-7-18)32-13-11-31(2)12-14-32/h3-10,15-17,27H,11-14H2,1-2H3,(H2,28,29,30,33). The third kappa shape index (κ3) is 4.54. The van der Waals surface area contributed by atoms with Crippen LogP contribution in [0.5, 0.6) is 0 Å². The lowest BCUT2D eigenvalue weighted by molar-refractivity contribution is 0.102. The predicted octanol–water partition coefficient (Wildman–Crippen LogP) is 4.28. The third-order valence-electron chi connectivity index (χ3n) is 6.26. The van der Waals surface area contributed by atoms with E-state index in [0.717, 1.165) is 54.2 Å². The van der Waals surface area contributed by atoms with E-state index < -0.39 is 0 Å². The van der Waals surface area contributed by atoms with Crippen LogP contribution in [0.25, 0.3) is 22.0 Å². The highest BCUT2D eigenvalue weighted by atomic mass is 16.1. The highest BCUT2D eigenvalue weighted by Crippen LogP contribution is 2.26. The maximum absolute atomic E-state index is 12.7. The zero-order chi connectivity index (χ0) is 22.8. The molecule has 0 unspecified atom stereocenters. The van der Waals surface area contributed by atoms with E-state index in [4.69, 9.17) is 0 Å². The quantitative estimate of drug-likeness (QED) is 0.432. The Morgan fingerprint density at radius 3 is 2.39 bits per heavy atom. The molecule has 5 rings (SSSR count). The van der Waals surface area contributed by atoms with Gasteiger partial charge in [-0.3, -0.25) is 9.89 Å². The van der Waals surface area contributed by atoms with Gasteiger partial charge in [-0.2, -0.15) is 5.10 Å². The number of rotatable bonds is 5. The Hall–Kier alpha value is -3.84. The van der Waals surface area contributed by atoms with Crippen molar-refractivity contribution < 1.29 is 4.79 Å². The number of hydrogen-bond acceptors (Lipinski definition) is 5. The molecule has 0 atom stereocenters. The molecule has 1 fully saturated rings. The second-order valence-corrected chi connectivity index (χ2v) is 8.48. The lowest BCUT2D eigenvalue weighted by Gasteiger charge is -2.34. The fourth-order valence-electron chi connectivity index (χ4n) is 4.18. The van der Waals surface area contributed by atoms with E-state index in [2.05, 4.69) is 74.1 Å². The molecule has 1 saturated heterocycles. The minimum Gasteiger partial charge on any atom is -0.388 e. The molecular weight excluding hydrogens is 412 g/mol. The smallest absolute Gasteiger partial charge is 0.256 e. The van der Waals surface area contributed by atoms with Crippen molar-refractivity contribution in [1.82, 2.24) is 15.1 Å². The number of anilines is 3. The summed E-state index contributed by atoms with van der Waals surface area (Å²) in [5.74, 6) is 0.333. The van der Waals surface area contributed by atoms with Gasteiger partial charge >= 0.3 is 0 Å². The molecule has 2 heterocycles. The Kier molecular flexibility index (Phi) is 5.71. The molecule has 0 saturated carbocycles. The predicted molar refractivity (Wildman–Crippen MR) is 135 cm³/mol. The number of nitrogens with zero attached hydrogens (tertiary/aromatic N) is 3. The van der Waals surface area contributed by atoms with Crippen LogP contribution in [0.3, 0.4) is 0 Å². The lowest BCUT2D eigenvalue weighted by atomic mass is 10.0. The molecule has 7 heteroatoms. The van der Waals surface area contributed by atoms with Gasteiger partial charge in [0.15, 0.2) is 5.82 Å². The Balaban J connectivity index is 1.26. The first-order chi connectivity index (χ1) is 16.1. The van der Waals surface area contributed by atoms with Crippen LogP contribution < -0.4 is 15.5 Å². The molecule has 0 spiro atoms. The number of likely N-dealkylation sites (N-methyl/N-ethyl adjacent to an activating group) is 1. The van der Waals surface area contributed by atoms with Gasteiger partial charge in [-0.05, 0) is 60.3 Å². The van der Waals surface area contributed by atoms with E-state index in [1.165, 1.54) is 5.39 Å². The van der Waals surface area contributed by atoms with E-state index in [9.17, 15) is 4.79 Å². The summed E-state index contributed by atoms with van der Waals surface area (Å²) in [4.78, 5) is 17.4. The number of carbonyl (C=O) groups excluding carboxylic acids is 1. The van der Waals surface area contributed by atoms with Gasteiger partial charge in [0.2, 0.25) is 0 Å². The summed E-state index contributed by atoms with van der Waals surface area (Å²) in [7, 11) is 4.06. The van der Waals surface area contributed by atoms with E-state index in [1.54, 1.807) is 0 Å². The minimum atomic E-state index is -0.170. The summed E-state index contributed by atoms with van der Waals surface area (Å²) in [6.45, 7) is 4.11. The molecule has 168 valence electrons. The molecular formula is C26H28N6O. The summed E-state index contributed by atoms with van der Waals surface area (Å²) in [5.41, 5.74) is 4.72. The van der Waals surface area contributed by atoms with Crippen molar-refractivity contribution in [2.45, 2.75) is 0 Å². The summed E-state index contributed by atoms with van der Waals surface area (Å²) < 4.78 is 0. The van der Waals surface area contributed by atoms with Gasteiger partial charge in [-0.15, -0.1) is 0 Å². The highest BCUT2D eigenvalue weighted by Gasteiger charge is 2.15. The van der Waals surface area contributed by atoms with Crippen LogP contribution in [-0.4, -0.2) is 61.3 Å². The number of benzene rings is 3. The number of aromatic amines is 1. The van der Waals surface area contributed by atoms with Gasteiger partial charge in [0.1, 0.15) is 0 Å². The van der Waals surface area contributed by atoms with Crippen LogP contribution in [-0.2, 0) is 0 Å². The van der Waals surface area contributed by atoms with Crippen LogP contribution >= 0.6 is 0 Å². The van der Waals surface area contributed by atoms with Crippen molar-refractivity contribution in [2.75, 3.05) is 55.8 Å². The van der Waals surface area contributed by atoms with Crippen LogP contribution in [0.1, 0.15) is 10.4 Å². The molecule has 1 aromatic heterocycles. The number of carbonyl (C=O) groups is 1. The molecule has 3 N–H and O–H groups in total. The van der Waals surface area contributed by atoms with Gasteiger partial charge in [0.25, 0.3) is 5.91 Å². The molecule has 1 aliphatic rings. The average Bonchev–Trinajstić information content (AvgIpc) is 3.32. The Morgan fingerprint density at radius 2 is 1.64 bits per heavy atom. The lowest BCUT2D eigenvalue weighted by Crippen LogP contribution is -2.44. The van der Waals surface area contributed by atoms with Crippen LogP contribution in [0.4, 0.5) is 17.2 Å². The van der Waals surface area contributed by atoms with Gasteiger partial charge in [-0.1, -0.05) is 18.2 Å². The Morgan fingerprint density at radius 1 is 0.909 bits per heavy atom. The van der Waals surface area contributed by atoms with Gasteiger partial charge in [0.05, 0.1) is 5.69 Å². The molecule has 4 aromatic rings. The fraction of sp³-hybridized carbons (Fsp3) is 0.231. The van der Waals surface area contributed by atoms with Crippen molar-refractivity contribution in [3.63, 3.8) is 0 Å². The van der Waals surface area contributed by atoms with Crippen molar-refractivity contribution in [2.24, 2.45) is 0 Å². The molecule has 0 aliphatic carbocycles. The van der Waals surface area contributed by atoms with Crippen molar-refractivity contribution >= 4 is 33.9 Å². The van der Waals surface area contributed by atoms with Crippen molar-refractivity contribution in [3.05, 3.63) is 72.3 Å². The zero-order valence-electron chi connectivity index (χ0n) is 18.9. The molecule has 0 radical (unpaired) electrons. The second-order valence-electron chi connectivity index (χ2n) is 8.48. The van der Waals surface area contributed by atoms with Gasteiger partial charge < -0.3 is 20.4 Å². The number of fused-ring (bicyclic) bond motifs is 1. The summed E-state index contributed by atoms with van der Waals surface area (Å²) in [6.07, 6.45) is 0. The van der Waals surface area contributed by atoms with Gasteiger partial charge in [0, 0.05) is 61.8 Å². The Bertz CT molecular complexity index is 1270. The summed E-state index contributed by atoms with van der Waals surface area (Å²) in [6, 6.07) is 22.2. The maximum Gasteiger partial charge on any atom is 0.256 e. The van der Waals surface area contributed by atoms with E-state index in [-0.39, 0.29) is 5.91 Å². The first kappa shape index (κ1) is 21.0. The molecule has 3 aromatic carbocycles. The fourth-order valence-corrected chi connectivity index (χ4v) is 4.18. The molecule has 0 bridgehead atoms. The number of piperazine rings is 1. The first-order valence-corrected chi connectivity index (χ1v) is 11.2. The third-order valence-corrected chi connectivity index (χ3v) is 6.26. The van der Waals surface area contributed by atoms with Gasteiger partial charge in [-0.25, -0.2) is 0 Å². The van der Waals surface area contributed by atoms with E-state index >= 15 is 0 Å². The normalized spacial score (nSPS) is 14.4. The van der Waals surface area contributed by atoms with E-state index in [1.807, 2.05) is 37.4 Å². The Labute approximate surface area is 193 Å². The molecule has 33 heavy (non-hydrogen) atoms. The minimum absolute atomic E-state index is 0.170. The SMILES string of the molecule is CNc1ccc2cc(-c3cc(NC(=O)c4ccc(N5CCN(C)CC5)cc4)n[nH]3)ccc2c1. The molecule has 1 amide bonds. The van der Waals surface area contributed by atoms with Crippen LogP contribution in [0.15, 0.2) is 66.7 Å². The maximum atomic E-state index is 12.7. The van der Waals surface area contributed by atoms with E-state index in [0.29, 0.717) is 11.4 Å². The number of nitrogens with one attached hydrogen (secondary N) is 3. The number of aromatic nitrogens is 2. The van der Waals surface area contributed by atoms with Crippen molar-refractivity contribution in [1.29, 1.82) is 0 Å².